The van der Waals surface area contributed by atoms with E-state index in [1.165, 1.54) is 12.1 Å². The smallest absolute Gasteiger partial charge is 0.251 e. The van der Waals surface area contributed by atoms with Crippen LogP contribution in [-0.4, -0.2) is 31.4 Å². The molecule has 5 nitrogen and oxygen atoms in total. The topological polar surface area (TPSA) is 61.4 Å². The van der Waals surface area contributed by atoms with Crippen molar-refractivity contribution >= 4 is 34.0 Å². The number of hydrogen-bond acceptors (Lipinski definition) is 3. The lowest BCUT2D eigenvalue weighted by molar-refractivity contribution is -0.116. The first-order valence-electron chi connectivity index (χ1n) is 10.5. The van der Waals surface area contributed by atoms with Crippen molar-refractivity contribution < 1.29 is 9.59 Å². The van der Waals surface area contributed by atoms with E-state index in [-0.39, 0.29) is 18.2 Å². The third-order valence-electron chi connectivity index (χ3n) is 5.59. The molecular weight excluding hydrogens is 374 g/mol. The summed E-state index contributed by atoms with van der Waals surface area (Å²) in [6.45, 7) is 4.74. The normalized spacial score (nSPS) is 15.9. The Hall–Kier alpha value is -3.34. The van der Waals surface area contributed by atoms with Crippen molar-refractivity contribution in [2.75, 3.05) is 29.9 Å². The highest BCUT2D eigenvalue weighted by molar-refractivity contribution is 5.99. The fourth-order valence-corrected chi connectivity index (χ4v) is 3.87. The Morgan fingerprint density at radius 3 is 2.50 bits per heavy atom. The molecule has 4 rings (SSSR count). The highest BCUT2D eigenvalue weighted by Crippen LogP contribution is 2.24. The molecule has 1 fully saturated rings. The van der Waals surface area contributed by atoms with Crippen molar-refractivity contribution in [1.82, 2.24) is 5.32 Å². The van der Waals surface area contributed by atoms with Crippen molar-refractivity contribution in [2.24, 2.45) is 5.92 Å². The molecule has 1 saturated heterocycles. The number of fused-ring (bicyclic) bond motifs is 1. The molecule has 5 heteroatoms. The van der Waals surface area contributed by atoms with Crippen LogP contribution >= 0.6 is 0 Å². The number of rotatable bonds is 6. The number of carbonyl (C=O) groups is 2. The quantitative estimate of drug-likeness (QED) is 0.642. The lowest BCUT2D eigenvalue weighted by Crippen LogP contribution is -2.27. The summed E-state index contributed by atoms with van der Waals surface area (Å²) in [7, 11) is 0. The van der Waals surface area contributed by atoms with Gasteiger partial charge < -0.3 is 15.5 Å². The SMILES string of the molecule is CC1CCN(c2ccc(NC(=O)CCNC(=O)c3ccc4ccccc4c3)cc2)C1. The molecule has 154 valence electrons. The molecular formula is C25H27N3O2. The lowest BCUT2D eigenvalue weighted by Gasteiger charge is -2.18. The molecule has 1 aliphatic heterocycles. The molecule has 0 saturated carbocycles. The molecule has 0 radical (unpaired) electrons. The first kappa shape index (κ1) is 20.0. The maximum Gasteiger partial charge on any atom is 0.251 e. The predicted octanol–water partition coefficient (Wildman–Crippen LogP) is 4.44. The Balaban J connectivity index is 1.24. The number of benzene rings is 3. The molecule has 1 unspecified atom stereocenters. The molecule has 0 aliphatic carbocycles. The van der Waals surface area contributed by atoms with Crippen LogP contribution in [-0.2, 0) is 4.79 Å². The summed E-state index contributed by atoms with van der Waals surface area (Å²) in [6, 6.07) is 21.5. The minimum Gasteiger partial charge on any atom is -0.371 e. The summed E-state index contributed by atoms with van der Waals surface area (Å²) < 4.78 is 0. The van der Waals surface area contributed by atoms with Gasteiger partial charge in [-0.25, -0.2) is 0 Å². The third kappa shape index (κ3) is 4.79. The van der Waals surface area contributed by atoms with E-state index in [2.05, 4.69) is 34.6 Å². The van der Waals surface area contributed by atoms with Crippen LogP contribution in [0.3, 0.4) is 0 Å². The zero-order valence-electron chi connectivity index (χ0n) is 17.2. The van der Waals surface area contributed by atoms with Crippen LogP contribution in [0, 0.1) is 5.92 Å². The van der Waals surface area contributed by atoms with Crippen molar-refractivity contribution in [3.63, 3.8) is 0 Å². The number of hydrogen-bond donors (Lipinski definition) is 2. The average Bonchev–Trinajstić information content (AvgIpc) is 3.20. The fourth-order valence-electron chi connectivity index (χ4n) is 3.87. The first-order chi connectivity index (χ1) is 14.6. The first-order valence-corrected chi connectivity index (χ1v) is 10.5. The van der Waals surface area contributed by atoms with Gasteiger partial charge >= 0.3 is 0 Å². The maximum absolute atomic E-state index is 12.4. The van der Waals surface area contributed by atoms with Gasteiger partial charge in [-0.2, -0.15) is 0 Å². The largest absolute Gasteiger partial charge is 0.371 e. The Labute approximate surface area is 177 Å². The van der Waals surface area contributed by atoms with E-state index in [1.807, 2.05) is 48.5 Å². The van der Waals surface area contributed by atoms with Crippen molar-refractivity contribution in [3.05, 3.63) is 72.3 Å². The van der Waals surface area contributed by atoms with Crippen LogP contribution in [0.25, 0.3) is 10.8 Å². The molecule has 3 aromatic carbocycles. The molecule has 0 bridgehead atoms. The summed E-state index contributed by atoms with van der Waals surface area (Å²) in [6.07, 6.45) is 1.45. The second-order valence-corrected chi connectivity index (χ2v) is 8.00. The van der Waals surface area contributed by atoms with Crippen LogP contribution in [0.5, 0.6) is 0 Å². The molecule has 1 aliphatic rings. The number of anilines is 2. The Morgan fingerprint density at radius 2 is 1.77 bits per heavy atom. The Morgan fingerprint density at radius 1 is 1.00 bits per heavy atom. The van der Waals surface area contributed by atoms with Gasteiger partial charge in [0.05, 0.1) is 0 Å². The average molecular weight is 402 g/mol. The monoisotopic (exact) mass is 401 g/mol. The van der Waals surface area contributed by atoms with Gasteiger partial charge in [-0.05, 0) is 59.5 Å². The third-order valence-corrected chi connectivity index (χ3v) is 5.59. The summed E-state index contributed by atoms with van der Waals surface area (Å²) in [4.78, 5) is 27.0. The van der Waals surface area contributed by atoms with Crippen molar-refractivity contribution in [3.8, 4) is 0 Å². The van der Waals surface area contributed by atoms with Crippen molar-refractivity contribution in [2.45, 2.75) is 19.8 Å². The number of nitrogens with one attached hydrogen (secondary N) is 2. The van der Waals surface area contributed by atoms with Gasteiger partial charge in [-0.15, -0.1) is 0 Å². The van der Waals surface area contributed by atoms with Gasteiger partial charge in [0, 0.05) is 43.0 Å². The van der Waals surface area contributed by atoms with Crippen LogP contribution in [0.2, 0.25) is 0 Å². The van der Waals surface area contributed by atoms with E-state index < -0.39 is 0 Å². The zero-order chi connectivity index (χ0) is 20.9. The van der Waals surface area contributed by atoms with Gasteiger partial charge in [0.2, 0.25) is 5.91 Å². The van der Waals surface area contributed by atoms with Crippen LogP contribution < -0.4 is 15.5 Å². The lowest BCUT2D eigenvalue weighted by atomic mass is 10.1. The molecule has 1 atom stereocenters. The standard InChI is InChI=1S/C25H27N3O2/c1-18-13-15-28(17-18)23-10-8-22(9-11-23)27-24(29)12-14-26-25(30)21-7-6-19-4-2-3-5-20(19)16-21/h2-11,16,18H,12-15,17H2,1H3,(H,26,30)(H,27,29). The Bertz CT molecular complexity index is 1050. The second kappa shape index (κ2) is 8.99. The van der Waals surface area contributed by atoms with Gasteiger partial charge in [0.15, 0.2) is 0 Å². The zero-order valence-corrected chi connectivity index (χ0v) is 17.2. The van der Waals surface area contributed by atoms with E-state index in [0.29, 0.717) is 12.1 Å². The predicted molar refractivity (Wildman–Crippen MR) is 122 cm³/mol. The number of nitrogens with zero attached hydrogens (tertiary/aromatic N) is 1. The molecule has 2 N–H and O–H groups in total. The van der Waals surface area contributed by atoms with Gasteiger partial charge in [0.1, 0.15) is 0 Å². The maximum atomic E-state index is 12.4. The van der Waals surface area contributed by atoms with Gasteiger partial charge in [-0.3, -0.25) is 9.59 Å². The summed E-state index contributed by atoms with van der Waals surface area (Å²) in [5, 5.41) is 7.84. The van der Waals surface area contributed by atoms with Gasteiger partial charge in [0.25, 0.3) is 5.91 Å². The van der Waals surface area contributed by atoms with Crippen LogP contribution in [0.15, 0.2) is 66.7 Å². The highest BCUT2D eigenvalue weighted by Gasteiger charge is 2.18. The fraction of sp³-hybridized carbons (Fsp3) is 0.280. The summed E-state index contributed by atoms with van der Waals surface area (Å²) >= 11 is 0. The van der Waals surface area contributed by atoms with Crippen LogP contribution in [0.4, 0.5) is 11.4 Å². The molecule has 0 aromatic heterocycles. The minimum absolute atomic E-state index is 0.114. The minimum atomic E-state index is -0.169. The summed E-state index contributed by atoms with van der Waals surface area (Å²) in [5.41, 5.74) is 2.57. The number of amides is 2. The van der Waals surface area contributed by atoms with Crippen molar-refractivity contribution in [1.29, 1.82) is 0 Å². The Kier molecular flexibility index (Phi) is 5.98. The molecule has 3 aromatic rings. The molecule has 2 amide bonds. The number of carbonyl (C=O) groups excluding carboxylic acids is 2. The van der Waals surface area contributed by atoms with Crippen LogP contribution in [0.1, 0.15) is 30.1 Å². The van der Waals surface area contributed by atoms with E-state index in [1.54, 1.807) is 6.07 Å². The van der Waals surface area contributed by atoms with E-state index >= 15 is 0 Å². The molecule has 1 heterocycles. The highest BCUT2D eigenvalue weighted by atomic mass is 16.2. The second-order valence-electron chi connectivity index (χ2n) is 8.00. The van der Waals surface area contributed by atoms with E-state index in [0.717, 1.165) is 35.5 Å². The van der Waals surface area contributed by atoms with Gasteiger partial charge in [-0.1, -0.05) is 37.3 Å². The molecule has 0 spiro atoms. The molecule has 30 heavy (non-hydrogen) atoms. The van der Waals surface area contributed by atoms with E-state index in [9.17, 15) is 9.59 Å². The summed E-state index contributed by atoms with van der Waals surface area (Å²) in [5.74, 6) is 0.448. The van der Waals surface area contributed by atoms with E-state index in [4.69, 9.17) is 0 Å².